The molecule has 1 N–H and O–H groups in total. The highest BCUT2D eigenvalue weighted by atomic mass is 16.5. The average Bonchev–Trinajstić information content (AvgIpc) is 3.26. The van der Waals surface area contributed by atoms with Crippen LogP contribution in [0.2, 0.25) is 0 Å². The number of carbonyl (C=O) groups excluding carboxylic acids is 1. The SMILES string of the molecule is COc1ccc(C(C)C(=O)NC(CN2CCCC2)c2ccccc2)cc1OC. The molecule has 2 unspecified atom stereocenters. The third kappa shape index (κ3) is 4.84. The molecule has 0 spiro atoms. The monoisotopic (exact) mass is 382 g/mol. The van der Waals surface area contributed by atoms with Gasteiger partial charge in [0.1, 0.15) is 0 Å². The Bertz CT molecular complexity index is 773. The minimum Gasteiger partial charge on any atom is -0.493 e. The molecule has 2 aromatic rings. The Morgan fingerprint density at radius 2 is 1.68 bits per heavy atom. The Kier molecular flexibility index (Phi) is 6.93. The van der Waals surface area contributed by atoms with E-state index in [1.54, 1.807) is 14.2 Å². The summed E-state index contributed by atoms with van der Waals surface area (Å²) in [4.78, 5) is 15.5. The Morgan fingerprint density at radius 3 is 2.32 bits per heavy atom. The molecule has 28 heavy (non-hydrogen) atoms. The van der Waals surface area contributed by atoms with Crippen LogP contribution in [0.4, 0.5) is 0 Å². The number of nitrogens with one attached hydrogen (secondary N) is 1. The Hall–Kier alpha value is -2.53. The lowest BCUT2D eigenvalue weighted by atomic mass is 9.98. The van der Waals surface area contributed by atoms with Gasteiger partial charge in [-0.3, -0.25) is 4.79 Å². The Morgan fingerprint density at radius 1 is 1.00 bits per heavy atom. The van der Waals surface area contributed by atoms with Crippen LogP contribution in [0.1, 0.15) is 42.9 Å². The highest BCUT2D eigenvalue weighted by molar-refractivity contribution is 5.83. The number of nitrogens with zero attached hydrogens (tertiary/aromatic N) is 1. The summed E-state index contributed by atoms with van der Waals surface area (Å²) in [6.07, 6.45) is 2.47. The van der Waals surface area contributed by atoms with Crippen molar-refractivity contribution in [2.75, 3.05) is 33.9 Å². The summed E-state index contributed by atoms with van der Waals surface area (Å²) in [5, 5.41) is 3.27. The van der Waals surface area contributed by atoms with Crippen LogP contribution in [0.3, 0.4) is 0 Å². The molecule has 150 valence electrons. The van der Waals surface area contributed by atoms with Crippen molar-refractivity contribution in [1.82, 2.24) is 10.2 Å². The van der Waals surface area contributed by atoms with Crippen LogP contribution in [0.5, 0.6) is 11.5 Å². The van der Waals surface area contributed by atoms with E-state index in [0.717, 1.165) is 30.8 Å². The fourth-order valence-electron chi connectivity index (χ4n) is 3.71. The van der Waals surface area contributed by atoms with Crippen molar-refractivity contribution in [3.05, 3.63) is 59.7 Å². The van der Waals surface area contributed by atoms with Gasteiger partial charge in [0.15, 0.2) is 11.5 Å². The molecular formula is C23H30N2O3. The van der Waals surface area contributed by atoms with Crippen molar-refractivity contribution in [2.45, 2.75) is 31.7 Å². The number of benzene rings is 2. The molecule has 1 saturated heterocycles. The molecule has 3 rings (SSSR count). The molecule has 1 aliphatic rings. The van der Waals surface area contributed by atoms with Crippen LogP contribution in [0.25, 0.3) is 0 Å². The van der Waals surface area contributed by atoms with E-state index in [1.807, 2.05) is 43.3 Å². The highest BCUT2D eigenvalue weighted by Crippen LogP contribution is 2.31. The Balaban J connectivity index is 1.75. The molecule has 5 heteroatoms. The van der Waals surface area contributed by atoms with E-state index in [1.165, 1.54) is 12.8 Å². The maximum atomic E-state index is 13.1. The van der Waals surface area contributed by atoms with Gasteiger partial charge in [-0.1, -0.05) is 36.4 Å². The summed E-state index contributed by atoms with van der Waals surface area (Å²) in [6, 6.07) is 15.8. The minimum atomic E-state index is -0.287. The molecule has 5 nitrogen and oxygen atoms in total. The average molecular weight is 383 g/mol. The molecule has 1 heterocycles. The van der Waals surface area contributed by atoms with Crippen molar-refractivity contribution in [3.63, 3.8) is 0 Å². The molecule has 2 aromatic carbocycles. The fraction of sp³-hybridized carbons (Fsp3) is 0.435. The van der Waals surface area contributed by atoms with Gasteiger partial charge in [-0.25, -0.2) is 0 Å². The number of amides is 1. The van der Waals surface area contributed by atoms with Gasteiger partial charge in [-0.05, 0) is 56.1 Å². The number of methoxy groups -OCH3 is 2. The number of hydrogen-bond acceptors (Lipinski definition) is 4. The van der Waals surface area contributed by atoms with Gasteiger partial charge >= 0.3 is 0 Å². The number of hydrogen-bond donors (Lipinski definition) is 1. The van der Waals surface area contributed by atoms with Crippen LogP contribution in [-0.2, 0) is 4.79 Å². The van der Waals surface area contributed by atoms with Gasteiger partial charge in [0, 0.05) is 6.54 Å². The summed E-state index contributed by atoms with van der Waals surface area (Å²) < 4.78 is 10.7. The van der Waals surface area contributed by atoms with Crippen molar-refractivity contribution in [1.29, 1.82) is 0 Å². The van der Waals surface area contributed by atoms with Gasteiger partial charge in [0.2, 0.25) is 5.91 Å². The molecule has 1 amide bonds. The molecule has 2 atom stereocenters. The maximum Gasteiger partial charge on any atom is 0.227 e. The van der Waals surface area contributed by atoms with Crippen molar-refractivity contribution in [3.8, 4) is 11.5 Å². The second-order valence-electron chi connectivity index (χ2n) is 7.32. The zero-order chi connectivity index (χ0) is 19.9. The molecule has 0 aliphatic carbocycles. The Labute approximate surface area is 167 Å². The zero-order valence-electron chi connectivity index (χ0n) is 17.0. The zero-order valence-corrected chi connectivity index (χ0v) is 17.0. The standard InChI is InChI=1S/C23H30N2O3/c1-17(19-11-12-21(27-2)22(15-19)28-3)23(26)24-20(16-25-13-7-8-14-25)18-9-5-4-6-10-18/h4-6,9-12,15,17,20H,7-8,13-14,16H2,1-3H3,(H,24,26). The van der Waals surface area contributed by atoms with Crippen molar-refractivity contribution in [2.24, 2.45) is 0 Å². The number of carbonyl (C=O) groups is 1. The van der Waals surface area contributed by atoms with Crippen LogP contribution in [0.15, 0.2) is 48.5 Å². The van der Waals surface area contributed by atoms with E-state index in [0.29, 0.717) is 11.5 Å². The fourth-order valence-corrected chi connectivity index (χ4v) is 3.71. The summed E-state index contributed by atoms with van der Waals surface area (Å²) in [5.41, 5.74) is 2.05. The first-order chi connectivity index (χ1) is 13.6. The normalized spacial score (nSPS) is 16.4. The molecule has 0 aromatic heterocycles. The molecule has 0 bridgehead atoms. The van der Waals surface area contributed by atoms with Gasteiger partial charge in [-0.2, -0.15) is 0 Å². The summed E-state index contributed by atoms with van der Waals surface area (Å²) in [6.45, 7) is 4.97. The molecule has 1 fully saturated rings. The summed E-state index contributed by atoms with van der Waals surface area (Å²) >= 11 is 0. The van der Waals surface area contributed by atoms with Gasteiger partial charge < -0.3 is 19.7 Å². The smallest absolute Gasteiger partial charge is 0.227 e. The summed E-state index contributed by atoms with van der Waals surface area (Å²) in [5.74, 6) is 1.02. The van der Waals surface area contributed by atoms with Crippen molar-refractivity contribution < 1.29 is 14.3 Å². The van der Waals surface area contributed by atoms with Crippen LogP contribution in [-0.4, -0.2) is 44.7 Å². The predicted molar refractivity (Wildman–Crippen MR) is 111 cm³/mol. The maximum absolute atomic E-state index is 13.1. The van der Waals surface area contributed by atoms with E-state index in [2.05, 4.69) is 22.3 Å². The highest BCUT2D eigenvalue weighted by Gasteiger charge is 2.24. The summed E-state index contributed by atoms with van der Waals surface area (Å²) in [7, 11) is 3.21. The van der Waals surface area contributed by atoms with Gasteiger partial charge in [0.05, 0.1) is 26.2 Å². The third-order valence-corrected chi connectivity index (χ3v) is 5.46. The van der Waals surface area contributed by atoms with E-state index in [4.69, 9.17) is 9.47 Å². The lowest BCUT2D eigenvalue weighted by Crippen LogP contribution is -2.38. The third-order valence-electron chi connectivity index (χ3n) is 5.46. The molecule has 1 aliphatic heterocycles. The lowest BCUT2D eigenvalue weighted by molar-refractivity contribution is -0.123. The van der Waals surface area contributed by atoms with Crippen LogP contribution in [0, 0.1) is 0 Å². The van der Waals surface area contributed by atoms with Gasteiger partial charge in [-0.15, -0.1) is 0 Å². The quantitative estimate of drug-likeness (QED) is 0.755. The molecular weight excluding hydrogens is 352 g/mol. The first-order valence-electron chi connectivity index (χ1n) is 9.92. The van der Waals surface area contributed by atoms with Crippen LogP contribution < -0.4 is 14.8 Å². The van der Waals surface area contributed by atoms with E-state index in [-0.39, 0.29) is 17.9 Å². The second-order valence-corrected chi connectivity index (χ2v) is 7.32. The van der Waals surface area contributed by atoms with Crippen LogP contribution >= 0.6 is 0 Å². The minimum absolute atomic E-state index is 0.0141. The van der Waals surface area contributed by atoms with E-state index in [9.17, 15) is 4.79 Å². The molecule has 0 radical (unpaired) electrons. The second kappa shape index (κ2) is 9.60. The topological polar surface area (TPSA) is 50.8 Å². The van der Waals surface area contributed by atoms with E-state index < -0.39 is 0 Å². The largest absolute Gasteiger partial charge is 0.493 e. The number of likely N-dealkylation sites (tertiary alicyclic amines) is 1. The van der Waals surface area contributed by atoms with Gasteiger partial charge in [0.25, 0.3) is 0 Å². The number of ether oxygens (including phenoxy) is 2. The lowest BCUT2D eigenvalue weighted by Gasteiger charge is -2.26. The number of rotatable bonds is 8. The van der Waals surface area contributed by atoms with E-state index >= 15 is 0 Å². The first kappa shape index (κ1) is 20.2. The van der Waals surface area contributed by atoms with Crippen molar-refractivity contribution >= 4 is 5.91 Å². The first-order valence-corrected chi connectivity index (χ1v) is 9.92. The molecule has 0 saturated carbocycles. The predicted octanol–water partition coefficient (Wildman–Crippen LogP) is 3.76.